The van der Waals surface area contributed by atoms with Gasteiger partial charge in [0, 0.05) is 24.1 Å². The molecule has 2 aliphatic rings. The second-order valence-electron chi connectivity index (χ2n) is 7.99. The molecular formula is C23H20F2N4O. The van der Waals surface area contributed by atoms with Gasteiger partial charge in [-0.15, -0.1) is 0 Å². The molecule has 3 atom stereocenters. The maximum absolute atomic E-state index is 14.0. The number of ketones is 1. The van der Waals surface area contributed by atoms with E-state index in [2.05, 4.69) is 15.4 Å². The summed E-state index contributed by atoms with van der Waals surface area (Å²) in [6, 6.07) is 10.8. The molecule has 1 N–H and O–H groups in total. The van der Waals surface area contributed by atoms with Crippen molar-refractivity contribution in [3.05, 3.63) is 88.4 Å². The molecular weight excluding hydrogens is 386 g/mol. The Labute approximate surface area is 172 Å². The number of carbonyl (C=O) groups excluding carboxylic acids is 1. The van der Waals surface area contributed by atoms with Crippen molar-refractivity contribution >= 4 is 11.7 Å². The number of anilines is 1. The minimum Gasteiger partial charge on any atom is -0.328 e. The Morgan fingerprint density at radius 3 is 2.43 bits per heavy atom. The molecule has 0 saturated heterocycles. The van der Waals surface area contributed by atoms with Gasteiger partial charge in [-0.25, -0.2) is 13.5 Å². The second kappa shape index (κ2) is 6.86. The first-order chi connectivity index (χ1) is 14.4. The summed E-state index contributed by atoms with van der Waals surface area (Å²) < 4.78 is 29.6. The quantitative estimate of drug-likeness (QED) is 0.683. The van der Waals surface area contributed by atoms with E-state index in [9.17, 15) is 13.6 Å². The molecule has 0 saturated carbocycles. The zero-order chi connectivity index (χ0) is 21.0. The Balaban J connectivity index is 1.64. The molecule has 2 aromatic carbocycles. The Hall–Kier alpha value is -3.35. The number of Topliss-reactive ketones (excluding diaryl/α,β-unsaturated/α-hetero) is 1. The third-order valence-corrected chi connectivity index (χ3v) is 5.79. The second-order valence-corrected chi connectivity index (χ2v) is 7.99. The lowest BCUT2D eigenvalue weighted by Crippen LogP contribution is -2.40. The fourth-order valence-electron chi connectivity index (χ4n) is 4.45. The van der Waals surface area contributed by atoms with Gasteiger partial charge in [-0.1, -0.05) is 35.9 Å². The maximum Gasteiger partial charge on any atom is 0.226 e. The van der Waals surface area contributed by atoms with Crippen LogP contribution in [0, 0.1) is 31.4 Å². The van der Waals surface area contributed by atoms with Crippen molar-refractivity contribution in [3.8, 4) is 0 Å². The van der Waals surface area contributed by atoms with E-state index in [1.165, 1.54) is 12.1 Å². The number of hydrogen-bond donors (Lipinski definition) is 1. The zero-order valence-electron chi connectivity index (χ0n) is 16.6. The van der Waals surface area contributed by atoms with Crippen molar-refractivity contribution in [2.45, 2.75) is 32.2 Å². The molecule has 5 nitrogen and oxygen atoms in total. The van der Waals surface area contributed by atoms with Crippen LogP contribution in [0.1, 0.15) is 40.9 Å². The van der Waals surface area contributed by atoms with Crippen LogP contribution in [0.2, 0.25) is 0 Å². The van der Waals surface area contributed by atoms with E-state index < -0.39 is 23.6 Å². The summed E-state index contributed by atoms with van der Waals surface area (Å²) in [7, 11) is 0. The number of aromatic nitrogens is 3. The molecule has 30 heavy (non-hydrogen) atoms. The Bertz CT molecular complexity index is 1160. The molecule has 3 aromatic rings. The highest BCUT2D eigenvalue weighted by Gasteiger charge is 2.43. The van der Waals surface area contributed by atoms with Gasteiger partial charge in [0.1, 0.15) is 23.2 Å². The molecule has 0 fully saturated rings. The lowest BCUT2D eigenvalue weighted by molar-refractivity contribution is -0.123. The van der Waals surface area contributed by atoms with Gasteiger partial charge in [-0.3, -0.25) is 4.79 Å². The molecule has 5 rings (SSSR count). The molecule has 152 valence electrons. The van der Waals surface area contributed by atoms with E-state index in [-0.39, 0.29) is 11.7 Å². The summed E-state index contributed by atoms with van der Waals surface area (Å²) in [4.78, 5) is 17.7. The third kappa shape index (κ3) is 3.10. The van der Waals surface area contributed by atoms with E-state index >= 15 is 0 Å². The number of allylic oxidation sites excluding steroid dienone is 2. The summed E-state index contributed by atoms with van der Waals surface area (Å²) in [6.07, 6.45) is 2.35. The molecule has 2 heterocycles. The predicted octanol–water partition coefficient (Wildman–Crippen LogP) is 4.44. The highest BCUT2D eigenvalue weighted by atomic mass is 19.1. The van der Waals surface area contributed by atoms with Crippen LogP contribution < -0.4 is 5.32 Å². The number of nitrogens with one attached hydrogen (secondary N) is 1. The smallest absolute Gasteiger partial charge is 0.226 e. The van der Waals surface area contributed by atoms with Crippen molar-refractivity contribution in [3.63, 3.8) is 0 Å². The van der Waals surface area contributed by atoms with Crippen LogP contribution in [0.4, 0.5) is 14.7 Å². The number of carbonyl (C=O) groups is 1. The van der Waals surface area contributed by atoms with Gasteiger partial charge in [0.25, 0.3) is 0 Å². The number of hydrogen-bond acceptors (Lipinski definition) is 4. The molecule has 0 amide bonds. The number of nitrogens with zero attached hydrogens (tertiary/aromatic N) is 3. The van der Waals surface area contributed by atoms with E-state index in [0.717, 1.165) is 17.2 Å². The lowest BCUT2D eigenvalue weighted by Gasteiger charge is -2.38. The van der Waals surface area contributed by atoms with Crippen molar-refractivity contribution in [1.82, 2.24) is 14.8 Å². The Kier molecular flexibility index (Phi) is 4.27. The zero-order valence-corrected chi connectivity index (χ0v) is 16.6. The van der Waals surface area contributed by atoms with Crippen LogP contribution in [0.25, 0.3) is 0 Å². The first-order valence-electron chi connectivity index (χ1n) is 9.86. The van der Waals surface area contributed by atoms with E-state index in [1.54, 1.807) is 11.6 Å². The molecule has 0 bridgehead atoms. The van der Waals surface area contributed by atoms with Crippen molar-refractivity contribution in [2.24, 2.45) is 5.92 Å². The average Bonchev–Trinajstić information content (AvgIpc) is 3.05. The van der Waals surface area contributed by atoms with Crippen LogP contribution >= 0.6 is 0 Å². The van der Waals surface area contributed by atoms with E-state index in [0.29, 0.717) is 29.5 Å². The molecule has 0 spiro atoms. The van der Waals surface area contributed by atoms with Gasteiger partial charge in [-0.05, 0) is 37.1 Å². The highest BCUT2D eigenvalue weighted by molar-refractivity contribution is 5.88. The minimum atomic E-state index is -0.687. The molecule has 1 aliphatic heterocycles. The molecule has 0 radical (unpaired) electrons. The number of aryl methyl sites for hydroxylation is 2. The Morgan fingerprint density at radius 2 is 1.73 bits per heavy atom. The minimum absolute atomic E-state index is 0.000882. The van der Waals surface area contributed by atoms with Gasteiger partial charge >= 0.3 is 0 Å². The predicted molar refractivity (Wildman–Crippen MR) is 108 cm³/mol. The van der Waals surface area contributed by atoms with Gasteiger partial charge in [0.05, 0.1) is 12.0 Å². The summed E-state index contributed by atoms with van der Waals surface area (Å²) in [6.45, 7) is 3.76. The third-order valence-electron chi connectivity index (χ3n) is 5.79. The number of benzene rings is 2. The van der Waals surface area contributed by atoms with Gasteiger partial charge < -0.3 is 5.32 Å². The average molecular weight is 406 g/mol. The number of halogens is 2. The number of fused-ring (bicyclic) bond motifs is 2. The highest BCUT2D eigenvalue weighted by Crippen LogP contribution is 2.44. The van der Waals surface area contributed by atoms with Crippen LogP contribution in [-0.2, 0) is 4.79 Å². The summed E-state index contributed by atoms with van der Waals surface area (Å²) in [5.41, 5.74) is 3.27. The maximum atomic E-state index is 14.0. The van der Waals surface area contributed by atoms with E-state index in [4.69, 9.17) is 0 Å². The first kappa shape index (κ1) is 18.7. The van der Waals surface area contributed by atoms with Gasteiger partial charge in [-0.2, -0.15) is 10.1 Å². The number of rotatable bonds is 2. The topological polar surface area (TPSA) is 59.8 Å². The normalized spacial score (nSPS) is 22.7. The molecule has 1 aromatic heterocycles. The largest absolute Gasteiger partial charge is 0.328 e. The fourth-order valence-corrected chi connectivity index (χ4v) is 4.45. The van der Waals surface area contributed by atoms with E-state index in [1.807, 2.05) is 37.3 Å². The van der Waals surface area contributed by atoms with Crippen LogP contribution in [0.3, 0.4) is 0 Å². The molecule has 7 heteroatoms. The monoisotopic (exact) mass is 406 g/mol. The van der Waals surface area contributed by atoms with Gasteiger partial charge in [0.2, 0.25) is 5.95 Å². The molecule has 0 unspecified atom stereocenters. The summed E-state index contributed by atoms with van der Waals surface area (Å²) in [5, 5.41) is 7.63. The fraction of sp³-hybridized carbons (Fsp3) is 0.261. The van der Waals surface area contributed by atoms with Crippen molar-refractivity contribution in [2.75, 3.05) is 5.32 Å². The lowest BCUT2D eigenvalue weighted by atomic mass is 9.75. The standard InChI is InChI=1S/C23H20F2N4O/c1-12-3-5-14(6-4-12)15-9-19-21(20(30)10-15)22(16-7-17(24)11-18(25)8-16)29-23(27-19)26-13(2)28-29/h3-9,11,15,21-22H,10H2,1-2H3,(H,26,27,28)/t15-,21+,22+/m1/s1. The van der Waals surface area contributed by atoms with Crippen LogP contribution in [0.15, 0.2) is 54.2 Å². The van der Waals surface area contributed by atoms with Gasteiger partial charge in [0.15, 0.2) is 0 Å². The van der Waals surface area contributed by atoms with Crippen molar-refractivity contribution < 1.29 is 13.6 Å². The first-order valence-corrected chi connectivity index (χ1v) is 9.86. The molecule has 1 aliphatic carbocycles. The Morgan fingerprint density at radius 1 is 1.03 bits per heavy atom. The summed E-state index contributed by atoms with van der Waals surface area (Å²) >= 11 is 0. The SMILES string of the molecule is Cc1ccc([C@@H]2C=C3Nc4nc(C)nn4[C@@H](c4cc(F)cc(F)c4)[C@@H]3C(=O)C2)cc1. The van der Waals surface area contributed by atoms with Crippen LogP contribution in [0.5, 0.6) is 0 Å². The van der Waals surface area contributed by atoms with Crippen LogP contribution in [-0.4, -0.2) is 20.5 Å². The van der Waals surface area contributed by atoms with Crippen molar-refractivity contribution in [1.29, 1.82) is 0 Å². The summed E-state index contributed by atoms with van der Waals surface area (Å²) in [5.74, 6) is -1.08.